The minimum absolute atomic E-state index is 0.0440. The predicted octanol–water partition coefficient (Wildman–Crippen LogP) is 5.12. The van der Waals surface area contributed by atoms with Gasteiger partial charge in [-0.25, -0.2) is 0 Å². The fraction of sp³-hybridized carbons (Fsp3) is 0.611. The van der Waals surface area contributed by atoms with Gasteiger partial charge in [0.05, 0.1) is 17.0 Å². The van der Waals surface area contributed by atoms with Crippen molar-refractivity contribution >= 4 is 5.97 Å². The molecule has 0 aliphatic heterocycles. The van der Waals surface area contributed by atoms with Crippen molar-refractivity contribution in [1.29, 1.82) is 0 Å². The largest absolute Gasteiger partial charge is 0.481 e. The van der Waals surface area contributed by atoms with E-state index in [1.807, 2.05) is 6.92 Å². The number of carbonyl (C=O) groups is 1. The first-order valence-electron chi connectivity index (χ1n) is 8.60. The van der Waals surface area contributed by atoms with Crippen LogP contribution in [0.3, 0.4) is 0 Å². The fourth-order valence-corrected chi connectivity index (χ4v) is 3.02. The van der Waals surface area contributed by atoms with E-state index in [0.717, 1.165) is 0 Å². The number of alkyl halides is 6. The van der Waals surface area contributed by atoms with E-state index >= 15 is 0 Å². The highest BCUT2D eigenvalue weighted by atomic mass is 19.4. The molecule has 1 rings (SSSR count). The van der Waals surface area contributed by atoms with Crippen LogP contribution in [-0.4, -0.2) is 17.6 Å². The van der Waals surface area contributed by atoms with E-state index in [-0.39, 0.29) is 31.7 Å². The van der Waals surface area contributed by atoms with Gasteiger partial charge in [-0.3, -0.25) is 4.79 Å². The minimum Gasteiger partial charge on any atom is -0.481 e. The third-order valence-corrected chi connectivity index (χ3v) is 4.63. The SMILES string of the molecule is CCC(CCCc1cc(C(F)(F)F)ccc1C(F)(F)F)CC(CN)C(=O)O. The van der Waals surface area contributed by atoms with Gasteiger partial charge in [-0.05, 0) is 48.9 Å². The molecule has 0 amide bonds. The summed E-state index contributed by atoms with van der Waals surface area (Å²) in [5.74, 6) is -1.85. The maximum Gasteiger partial charge on any atom is 0.416 e. The molecule has 9 heteroatoms. The Balaban J connectivity index is 2.89. The molecular weight excluding hydrogens is 376 g/mol. The summed E-state index contributed by atoms with van der Waals surface area (Å²) in [6.45, 7) is 1.78. The van der Waals surface area contributed by atoms with Crippen LogP contribution in [0, 0.1) is 11.8 Å². The van der Waals surface area contributed by atoms with Crippen LogP contribution in [0.1, 0.15) is 49.3 Å². The second-order valence-electron chi connectivity index (χ2n) is 6.54. The highest BCUT2D eigenvalue weighted by molar-refractivity contribution is 5.70. The van der Waals surface area contributed by atoms with Gasteiger partial charge in [-0.1, -0.05) is 19.8 Å². The maximum atomic E-state index is 13.1. The third kappa shape index (κ3) is 7.04. The van der Waals surface area contributed by atoms with E-state index in [0.29, 0.717) is 31.0 Å². The van der Waals surface area contributed by atoms with Crippen LogP contribution >= 0.6 is 0 Å². The number of carboxylic acids is 1. The topological polar surface area (TPSA) is 63.3 Å². The van der Waals surface area contributed by atoms with Gasteiger partial charge in [0.2, 0.25) is 0 Å². The average Bonchev–Trinajstić information content (AvgIpc) is 2.55. The predicted molar refractivity (Wildman–Crippen MR) is 88.0 cm³/mol. The molecular formula is C18H23F6NO2. The minimum atomic E-state index is -4.74. The Morgan fingerprint density at radius 1 is 1.15 bits per heavy atom. The standard InChI is InChI=1S/C18H23F6NO2/c1-2-11(8-13(10-25)16(26)27)4-3-5-12-9-14(17(19,20)21)6-7-15(12)18(22,23)24/h6-7,9,11,13H,2-5,8,10,25H2,1H3,(H,26,27). The number of carboxylic acid groups (broad SMARTS) is 1. The quantitative estimate of drug-likeness (QED) is 0.567. The number of benzene rings is 1. The summed E-state index contributed by atoms with van der Waals surface area (Å²) in [5, 5.41) is 9.04. The molecule has 3 N–H and O–H groups in total. The zero-order valence-electron chi connectivity index (χ0n) is 14.8. The van der Waals surface area contributed by atoms with E-state index in [1.54, 1.807) is 0 Å². The maximum absolute atomic E-state index is 13.1. The first kappa shape index (κ1) is 23.3. The Kier molecular flexibility index (Phi) is 8.13. The summed E-state index contributed by atoms with van der Waals surface area (Å²) < 4.78 is 77.7. The first-order valence-corrected chi connectivity index (χ1v) is 8.60. The van der Waals surface area contributed by atoms with Crippen LogP contribution < -0.4 is 5.73 Å². The molecule has 0 radical (unpaired) electrons. The molecule has 0 saturated heterocycles. The van der Waals surface area contributed by atoms with Crippen molar-refractivity contribution < 1.29 is 36.2 Å². The summed E-state index contributed by atoms with van der Waals surface area (Å²) in [6.07, 6.45) is -8.10. The van der Waals surface area contributed by atoms with Gasteiger partial charge in [-0.15, -0.1) is 0 Å². The molecule has 0 heterocycles. The molecule has 0 spiro atoms. The molecule has 0 aromatic heterocycles. The summed E-state index contributed by atoms with van der Waals surface area (Å²) >= 11 is 0. The molecule has 1 aromatic rings. The number of rotatable bonds is 9. The highest BCUT2D eigenvalue weighted by Crippen LogP contribution is 2.37. The van der Waals surface area contributed by atoms with E-state index in [2.05, 4.69) is 0 Å². The second-order valence-corrected chi connectivity index (χ2v) is 6.54. The number of aryl methyl sites for hydroxylation is 1. The van der Waals surface area contributed by atoms with E-state index in [9.17, 15) is 31.1 Å². The lowest BCUT2D eigenvalue weighted by Gasteiger charge is -2.20. The zero-order valence-corrected chi connectivity index (χ0v) is 14.8. The molecule has 0 aliphatic carbocycles. The van der Waals surface area contributed by atoms with Crippen molar-refractivity contribution in [3.8, 4) is 0 Å². The van der Waals surface area contributed by atoms with Gasteiger partial charge in [0.1, 0.15) is 0 Å². The summed E-state index contributed by atoms with van der Waals surface area (Å²) in [6, 6.07) is 1.44. The van der Waals surface area contributed by atoms with Crippen LogP contribution in [0.5, 0.6) is 0 Å². The van der Waals surface area contributed by atoms with Crippen molar-refractivity contribution in [1.82, 2.24) is 0 Å². The molecule has 154 valence electrons. The molecule has 0 saturated carbocycles. The Morgan fingerprint density at radius 2 is 1.78 bits per heavy atom. The number of nitrogens with two attached hydrogens (primary N) is 1. The lowest BCUT2D eigenvalue weighted by molar-refractivity contribution is -0.142. The smallest absolute Gasteiger partial charge is 0.416 e. The van der Waals surface area contributed by atoms with Gasteiger partial charge < -0.3 is 10.8 Å². The monoisotopic (exact) mass is 399 g/mol. The molecule has 2 atom stereocenters. The Hall–Kier alpha value is -1.77. The number of hydrogen-bond donors (Lipinski definition) is 2. The summed E-state index contributed by atoms with van der Waals surface area (Å²) in [4.78, 5) is 11.1. The molecule has 27 heavy (non-hydrogen) atoms. The van der Waals surface area contributed by atoms with Gasteiger partial charge in [0.15, 0.2) is 0 Å². The van der Waals surface area contributed by atoms with E-state index < -0.39 is 40.9 Å². The fourth-order valence-electron chi connectivity index (χ4n) is 3.02. The number of hydrogen-bond acceptors (Lipinski definition) is 2. The van der Waals surface area contributed by atoms with Crippen molar-refractivity contribution in [2.45, 2.75) is 51.4 Å². The van der Waals surface area contributed by atoms with Crippen molar-refractivity contribution in [3.05, 3.63) is 34.9 Å². The highest BCUT2D eigenvalue weighted by Gasteiger charge is 2.36. The number of aliphatic carboxylic acids is 1. The first-order chi connectivity index (χ1) is 12.4. The van der Waals surface area contributed by atoms with Crippen LogP contribution in [0.4, 0.5) is 26.3 Å². The Labute approximate surface area is 153 Å². The third-order valence-electron chi connectivity index (χ3n) is 4.63. The average molecular weight is 399 g/mol. The summed E-state index contributed by atoms with van der Waals surface area (Å²) in [7, 11) is 0. The Morgan fingerprint density at radius 3 is 2.22 bits per heavy atom. The van der Waals surface area contributed by atoms with Crippen molar-refractivity contribution in [2.75, 3.05) is 6.54 Å². The molecule has 0 bridgehead atoms. The molecule has 1 aromatic carbocycles. The Bertz CT molecular complexity index is 627. The van der Waals surface area contributed by atoms with Crippen LogP contribution in [0.25, 0.3) is 0 Å². The summed E-state index contributed by atoms with van der Waals surface area (Å²) in [5.41, 5.74) is 2.81. The molecule has 2 unspecified atom stereocenters. The lowest BCUT2D eigenvalue weighted by atomic mass is 9.87. The van der Waals surface area contributed by atoms with E-state index in [1.165, 1.54) is 0 Å². The van der Waals surface area contributed by atoms with Gasteiger partial charge in [0.25, 0.3) is 0 Å². The zero-order chi connectivity index (χ0) is 20.8. The molecule has 0 aliphatic rings. The van der Waals surface area contributed by atoms with Gasteiger partial charge >= 0.3 is 18.3 Å². The normalized spacial score (nSPS) is 14.8. The van der Waals surface area contributed by atoms with Crippen molar-refractivity contribution in [2.24, 2.45) is 17.6 Å². The second kappa shape index (κ2) is 9.43. The molecule has 0 fully saturated rings. The van der Waals surface area contributed by atoms with Crippen LogP contribution in [-0.2, 0) is 23.6 Å². The van der Waals surface area contributed by atoms with Gasteiger partial charge in [0, 0.05) is 6.54 Å². The lowest BCUT2D eigenvalue weighted by Crippen LogP contribution is -2.25. The molecule has 3 nitrogen and oxygen atoms in total. The van der Waals surface area contributed by atoms with Crippen LogP contribution in [0.15, 0.2) is 18.2 Å². The van der Waals surface area contributed by atoms with Crippen LogP contribution in [0.2, 0.25) is 0 Å². The van der Waals surface area contributed by atoms with E-state index in [4.69, 9.17) is 10.8 Å². The van der Waals surface area contributed by atoms with Crippen molar-refractivity contribution in [3.63, 3.8) is 0 Å². The number of halogens is 6. The van der Waals surface area contributed by atoms with Gasteiger partial charge in [-0.2, -0.15) is 26.3 Å².